The summed E-state index contributed by atoms with van der Waals surface area (Å²) in [6.07, 6.45) is 5.09. The summed E-state index contributed by atoms with van der Waals surface area (Å²) in [6, 6.07) is 11.8. The van der Waals surface area contributed by atoms with Gasteiger partial charge >= 0.3 is 0 Å². The number of rotatable bonds is 5. The van der Waals surface area contributed by atoms with Crippen LogP contribution < -0.4 is 5.32 Å². The summed E-state index contributed by atoms with van der Waals surface area (Å²) in [7, 11) is 0. The Balaban J connectivity index is 1.84. The number of nitrogens with one attached hydrogen (secondary N) is 1. The molecule has 21 heavy (non-hydrogen) atoms. The highest BCUT2D eigenvalue weighted by Gasteiger charge is 2.28. The van der Waals surface area contributed by atoms with Crippen molar-refractivity contribution in [2.45, 2.75) is 51.5 Å². The SMILES string of the molecule is CCNC(Cc1ccccc1C)C1CCCc2sccc21. The molecule has 1 aromatic heterocycles. The zero-order chi connectivity index (χ0) is 14.7. The van der Waals surface area contributed by atoms with E-state index in [0.29, 0.717) is 12.0 Å². The number of hydrogen-bond donors (Lipinski definition) is 1. The Labute approximate surface area is 132 Å². The molecule has 1 aliphatic rings. The van der Waals surface area contributed by atoms with Gasteiger partial charge in [0, 0.05) is 16.8 Å². The fraction of sp³-hybridized carbons (Fsp3) is 0.474. The first-order chi connectivity index (χ1) is 10.3. The summed E-state index contributed by atoms with van der Waals surface area (Å²) < 4.78 is 0. The average molecular weight is 299 g/mol. The van der Waals surface area contributed by atoms with Crippen LogP contribution in [0.4, 0.5) is 0 Å². The van der Waals surface area contributed by atoms with Crippen molar-refractivity contribution in [1.82, 2.24) is 5.32 Å². The van der Waals surface area contributed by atoms with E-state index in [4.69, 9.17) is 0 Å². The number of fused-ring (bicyclic) bond motifs is 1. The van der Waals surface area contributed by atoms with Gasteiger partial charge in [0.15, 0.2) is 0 Å². The highest BCUT2D eigenvalue weighted by molar-refractivity contribution is 7.10. The molecular formula is C19H25NS. The maximum atomic E-state index is 3.76. The first-order valence-electron chi connectivity index (χ1n) is 8.13. The molecule has 3 rings (SSSR count). The second kappa shape index (κ2) is 6.76. The second-order valence-corrected chi connectivity index (χ2v) is 7.09. The predicted molar refractivity (Wildman–Crippen MR) is 92.3 cm³/mol. The fourth-order valence-electron chi connectivity index (χ4n) is 3.63. The summed E-state index contributed by atoms with van der Waals surface area (Å²) >= 11 is 1.95. The fourth-order valence-corrected chi connectivity index (χ4v) is 4.63. The van der Waals surface area contributed by atoms with Gasteiger partial charge in [-0.05, 0) is 67.3 Å². The van der Waals surface area contributed by atoms with Gasteiger partial charge in [0.05, 0.1) is 0 Å². The maximum Gasteiger partial charge on any atom is 0.0177 e. The minimum atomic E-state index is 0.560. The molecule has 0 saturated heterocycles. The van der Waals surface area contributed by atoms with Crippen LogP contribution in [0.1, 0.15) is 47.3 Å². The minimum absolute atomic E-state index is 0.560. The molecule has 1 nitrogen and oxygen atoms in total. The highest BCUT2D eigenvalue weighted by Crippen LogP contribution is 2.38. The molecule has 0 amide bonds. The minimum Gasteiger partial charge on any atom is -0.313 e. The van der Waals surface area contributed by atoms with Crippen molar-refractivity contribution in [2.75, 3.05) is 6.54 Å². The van der Waals surface area contributed by atoms with E-state index in [0.717, 1.165) is 13.0 Å². The predicted octanol–water partition coefficient (Wildman–Crippen LogP) is 4.70. The van der Waals surface area contributed by atoms with Crippen LogP contribution in [-0.4, -0.2) is 12.6 Å². The smallest absolute Gasteiger partial charge is 0.0177 e. The van der Waals surface area contributed by atoms with Crippen LogP contribution in [0.5, 0.6) is 0 Å². The van der Waals surface area contributed by atoms with Crippen molar-refractivity contribution >= 4 is 11.3 Å². The highest BCUT2D eigenvalue weighted by atomic mass is 32.1. The van der Waals surface area contributed by atoms with E-state index in [2.05, 4.69) is 54.9 Å². The Morgan fingerprint density at radius 1 is 1.29 bits per heavy atom. The molecule has 1 aromatic carbocycles. The van der Waals surface area contributed by atoms with E-state index in [-0.39, 0.29) is 0 Å². The summed E-state index contributed by atoms with van der Waals surface area (Å²) in [5, 5.41) is 6.04. The number of benzene rings is 1. The van der Waals surface area contributed by atoms with Crippen molar-refractivity contribution in [3.8, 4) is 0 Å². The standard InChI is InChI=1S/C19H25NS/c1-3-20-18(13-15-8-5-4-7-14(15)2)16-9-6-10-19-17(16)11-12-21-19/h4-5,7-8,11-12,16,18,20H,3,6,9-10,13H2,1-2H3. The molecule has 2 aromatic rings. The lowest BCUT2D eigenvalue weighted by atomic mass is 9.80. The third-order valence-corrected chi connectivity index (χ3v) is 5.75. The van der Waals surface area contributed by atoms with Gasteiger partial charge in [-0.3, -0.25) is 0 Å². The molecule has 0 spiro atoms. The quantitative estimate of drug-likeness (QED) is 0.844. The van der Waals surface area contributed by atoms with Crippen LogP contribution in [0.15, 0.2) is 35.7 Å². The maximum absolute atomic E-state index is 3.76. The van der Waals surface area contributed by atoms with Gasteiger partial charge in [0.25, 0.3) is 0 Å². The first-order valence-corrected chi connectivity index (χ1v) is 9.01. The van der Waals surface area contributed by atoms with Crippen LogP contribution in [0, 0.1) is 6.92 Å². The average Bonchev–Trinajstić information content (AvgIpc) is 2.97. The molecule has 2 heteroatoms. The molecule has 1 aliphatic carbocycles. The number of aryl methyl sites for hydroxylation is 2. The molecule has 1 heterocycles. The molecular weight excluding hydrogens is 274 g/mol. The van der Waals surface area contributed by atoms with Gasteiger partial charge in [-0.15, -0.1) is 11.3 Å². The van der Waals surface area contributed by atoms with Crippen molar-refractivity contribution < 1.29 is 0 Å². The third kappa shape index (κ3) is 3.22. The Bertz CT molecular complexity index is 587. The topological polar surface area (TPSA) is 12.0 Å². The van der Waals surface area contributed by atoms with Crippen LogP contribution in [0.3, 0.4) is 0 Å². The van der Waals surface area contributed by atoms with E-state index in [1.807, 2.05) is 11.3 Å². The van der Waals surface area contributed by atoms with Crippen molar-refractivity contribution in [2.24, 2.45) is 0 Å². The Morgan fingerprint density at radius 3 is 2.95 bits per heavy atom. The third-order valence-electron chi connectivity index (χ3n) is 4.75. The monoisotopic (exact) mass is 299 g/mol. The molecule has 0 bridgehead atoms. The molecule has 0 fully saturated rings. The zero-order valence-electron chi connectivity index (χ0n) is 13.1. The largest absolute Gasteiger partial charge is 0.313 e. The summed E-state index contributed by atoms with van der Waals surface area (Å²) in [4.78, 5) is 1.62. The number of likely N-dealkylation sites (N-methyl/N-ethyl adjacent to an activating group) is 1. The van der Waals surface area contributed by atoms with E-state index in [1.54, 1.807) is 10.4 Å². The van der Waals surface area contributed by atoms with Crippen LogP contribution in [0.25, 0.3) is 0 Å². The van der Waals surface area contributed by atoms with E-state index >= 15 is 0 Å². The lowest BCUT2D eigenvalue weighted by Gasteiger charge is -2.32. The number of hydrogen-bond acceptors (Lipinski definition) is 2. The lowest BCUT2D eigenvalue weighted by molar-refractivity contribution is 0.398. The van der Waals surface area contributed by atoms with Gasteiger partial charge in [0.1, 0.15) is 0 Å². The molecule has 1 N–H and O–H groups in total. The van der Waals surface area contributed by atoms with Crippen molar-refractivity contribution in [3.63, 3.8) is 0 Å². The van der Waals surface area contributed by atoms with Crippen LogP contribution in [0.2, 0.25) is 0 Å². The molecule has 112 valence electrons. The van der Waals surface area contributed by atoms with Gasteiger partial charge in [-0.1, -0.05) is 31.2 Å². The van der Waals surface area contributed by atoms with Gasteiger partial charge in [0.2, 0.25) is 0 Å². The van der Waals surface area contributed by atoms with Crippen molar-refractivity contribution in [3.05, 3.63) is 57.3 Å². The lowest BCUT2D eigenvalue weighted by Crippen LogP contribution is -2.38. The molecule has 0 radical (unpaired) electrons. The second-order valence-electron chi connectivity index (χ2n) is 6.09. The van der Waals surface area contributed by atoms with Crippen LogP contribution in [-0.2, 0) is 12.8 Å². The van der Waals surface area contributed by atoms with Crippen molar-refractivity contribution in [1.29, 1.82) is 0 Å². The van der Waals surface area contributed by atoms with Gasteiger partial charge in [-0.2, -0.15) is 0 Å². The van der Waals surface area contributed by atoms with Crippen LogP contribution >= 0.6 is 11.3 Å². The summed E-state index contributed by atoms with van der Waals surface area (Å²) in [5.41, 5.74) is 4.53. The van der Waals surface area contributed by atoms with E-state index in [1.165, 1.54) is 30.4 Å². The Hall–Kier alpha value is -1.12. The Kier molecular flexibility index (Phi) is 4.77. The van der Waals surface area contributed by atoms with Gasteiger partial charge < -0.3 is 5.32 Å². The first kappa shape index (κ1) is 14.8. The molecule has 2 atom stereocenters. The molecule has 2 unspecified atom stereocenters. The zero-order valence-corrected chi connectivity index (χ0v) is 13.9. The summed E-state index contributed by atoms with van der Waals surface area (Å²) in [6.45, 7) is 5.50. The number of thiophene rings is 1. The summed E-state index contributed by atoms with van der Waals surface area (Å²) in [5.74, 6) is 0.680. The normalized spacial score (nSPS) is 19.2. The van der Waals surface area contributed by atoms with Gasteiger partial charge in [-0.25, -0.2) is 0 Å². The van der Waals surface area contributed by atoms with E-state index in [9.17, 15) is 0 Å². The Morgan fingerprint density at radius 2 is 2.14 bits per heavy atom. The van der Waals surface area contributed by atoms with E-state index < -0.39 is 0 Å². The molecule has 0 aliphatic heterocycles. The molecule has 0 saturated carbocycles.